The van der Waals surface area contributed by atoms with E-state index < -0.39 is 0 Å². The summed E-state index contributed by atoms with van der Waals surface area (Å²) in [5.41, 5.74) is 1.75. The molecule has 0 N–H and O–H groups in total. The van der Waals surface area contributed by atoms with Crippen LogP contribution in [-0.4, -0.2) is 34.6 Å². The number of benzene rings is 1. The number of nitrogens with zero attached hydrogens (tertiary/aromatic N) is 3. The van der Waals surface area contributed by atoms with Gasteiger partial charge in [0.1, 0.15) is 16.5 Å². The van der Waals surface area contributed by atoms with Gasteiger partial charge in [-0.1, -0.05) is 19.1 Å². The van der Waals surface area contributed by atoms with Gasteiger partial charge in [-0.3, -0.25) is 9.36 Å². The third-order valence-electron chi connectivity index (χ3n) is 5.24. The van der Waals surface area contributed by atoms with Crippen molar-refractivity contribution in [3.05, 3.63) is 51.6 Å². The second-order valence-electron chi connectivity index (χ2n) is 6.93. The van der Waals surface area contributed by atoms with Crippen molar-refractivity contribution in [1.29, 1.82) is 0 Å². The van der Waals surface area contributed by atoms with Crippen LogP contribution in [0.3, 0.4) is 0 Å². The molecule has 3 heterocycles. The normalized spacial score (nSPS) is 16.4. The topological polar surface area (TPSA) is 38.1 Å². The number of fused-ring (bicyclic) bond motifs is 1. The zero-order chi connectivity index (χ0) is 18.3. The van der Waals surface area contributed by atoms with Crippen LogP contribution >= 0.6 is 11.3 Å². The van der Waals surface area contributed by atoms with Crippen molar-refractivity contribution >= 4 is 21.6 Å². The maximum absolute atomic E-state index is 13.5. The van der Waals surface area contributed by atoms with Crippen LogP contribution in [0.1, 0.15) is 31.6 Å². The molecule has 1 saturated heterocycles. The molecule has 0 atom stereocenters. The lowest BCUT2D eigenvalue weighted by Gasteiger charge is -2.31. The van der Waals surface area contributed by atoms with Gasteiger partial charge >= 0.3 is 0 Å². The molecule has 4 rings (SSSR count). The Morgan fingerprint density at radius 2 is 1.92 bits per heavy atom. The van der Waals surface area contributed by atoms with Crippen LogP contribution in [0.2, 0.25) is 0 Å². The molecule has 0 saturated carbocycles. The third-order valence-corrected chi connectivity index (χ3v) is 6.11. The molecule has 6 heteroatoms. The van der Waals surface area contributed by atoms with Gasteiger partial charge in [-0.25, -0.2) is 9.37 Å². The minimum absolute atomic E-state index is 0.0435. The molecule has 3 aromatic rings. The molecule has 2 aromatic heterocycles. The van der Waals surface area contributed by atoms with Gasteiger partial charge in [-0.15, -0.1) is 11.3 Å². The van der Waals surface area contributed by atoms with Gasteiger partial charge in [0.05, 0.1) is 5.39 Å². The highest BCUT2D eigenvalue weighted by molar-refractivity contribution is 7.17. The van der Waals surface area contributed by atoms with Gasteiger partial charge in [0.15, 0.2) is 0 Å². The average Bonchev–Trinajstić information content (AvgIpc) is 3.07. The summed E-state index contributed by atoms with van der Waals surface area (Å²) >= 11 is 1.49. The van der Waals surface area contributed by atoms with Gasteiger partial charge in [0, 0.05) is 23.4 Å². The first-order valence-electron chi connectivity index (χ1n) is 9.05. The Morgan fingerprint density at radius 1 is 1.23 bits per heavy atom. The predicted molar refractivity (Wildman–Crippen MR) is 104 cm³/mol. The van der Waals surface area contributed by atoms with E-state index in [1.807, 2.05) is 16.9 Å². The monoisotopic (exact) mass is 371 g/mol. The Bertz CT molecular complexity index is 985. The summed E-state index contributed by atoms with van der Waals surface area (Å²) in [4.78, 5) is 21.3. The van der Waals surface area contributed by atoms with E-state index in [4.69, 9.17) is 4.98 Å². The van der Waals surface area contributed by atoms with E-state index in [2.05, 4.69) is 11.9 Å². The fourth-order valence-corrected chi connectivity index (χ4v) is 4.72. The van der Waals surface area contributed by atoms with Crippen LogP contribution in [-0.2, 0) is 6.42 Å². The summed E-state index contributed by atoms with van der Waals surface area (Å²) in [7, 11) is 2.12. The molecular weight excluding hydrogens is 349 g/mol. The number of halogens is 1. The number of rotatable bonds is 3. The lowest BCUT2D eigenvalue weighted by Crippen LogP contribution is -2.37. The Morgan fingerprint density at radius 3 is 2.58 bits per heavy atom. The summed E-state index contributed by atoms with van der Waals surface area (Å²) in [6.07, 6.45) is 2.67. The maximum atomic E-state index is 13.5. The molecule has 0 spiro atoms. The second kappa shape index (κ2) is 6.93. The SMILES string of the molecule is CCc1nc2scc(-c3ccc(F)cc3)c2c(=O)n1C1CCN(C)CC1. The lowest BCUT2D eigenvalue weighted by molar-refractivity contribution is 0.216. The standard InChI is InChI=1S/C20H22FN3OS/c1-3-17-22-19-18(16(12-26-19)13-4-6-14(21)7-5-13)20(25)24(17)15-8-10-23(2)11-9-15/h4-7,12,15H,3,8-11H2,1-2H3. The van der Waals surface area contributed by atoms with E-state index >= 15 is 0 Å². The molecule has 0 bridgehead atoms. The van der Waals surface area contributed by atoms with E-state index in [0.717, 1.165) is 54.1 Å². The molecule has 136 valence electrons. The van der Waals surface area contributed by atoms with E-state index in [-0.39, 0.29) is 17.4 Å². The fraction of sp³-hybridized carbons (Fsp3) is 0.400. The fourth-order valence-electron chi connectivity index (χ4n) is 3.77. The number of aromatic nitrogens is 2. The molecule has 0 aliphatic carbocycles. The molecule has 0 radical (unpaired) electrons. The average molecular weight is 371 g/mol. The summed E-state index contributed by atoms with van der Waals surface area (Å²) < 4.78 is 15.2. The third kappa shape index (κ3) is 2.97. The van der Waals surface area contributed by atoms with Crippen molar-refractivity contribution in [2.45, 2.75) is 32.2 Å². The highest BCUT2D eigenvalue weighted by Gasteiger charge is 2.24. The Hall–Kier alpha value is -2.05. The molecule has 4 nitrogen and oxygen atoms in total. The minimum Gasteiger partial charge on any atom is -0.306 e. The zero-order valence-corrected chi connectivity index (χ0v) is 15.9. The zero-order valence-electron chi connectivity index (χ0n) is 15.0. The summed E-state index contributed by atoms with van der Waals surface area (Å²) in [6.45, 7) is 4.03. The molecule has 1 aromatic carbocycles. The van der Waals surface area contributed by atoms with Crippen LogP contribution in [0.25, 0.3) is 21.3 Å². The number of thiophene rings is 1. The van der Waals surface area contributed by atoms with Crippen molar-refractivity contribution < 1.29 is 4.39 Å². The molecule has 0 amide bonds. The van der Waals surface area contributed by atoms with Crippen molar-refractivity contribution in [3.63, 3.8) is 0 Å². The van der Waals surface area contributed by atoms with Crippen LogP contribution in [0, 0.1) is 5.82 Å². The predicted octanol–water partition coefficient (Wildman–Crippen LogP) is 4.09. The second-order valence-corrected chi connectivity index (χ2v) is 7.79. The maximum Gasteiger partial charge on any atom is 0.263 e. The van der Waals surface area contributed by atoms with Crippen molar-refractivity contribution in [3.8, 4) is 11.1 Å². The number of likely N-dealkylation sites (tertiary alicyclic amines) is 1. The van der Waals surface area contributed by atoms with Gasteiger partial charge in [0.25, 0.3) is 5.56 Å². The first-order valence-corrected chi connectivity index (χ1v) is 9.93. The summed E-state index contributed by atoms with van der Waals surface area (Å²) in [5.74, 6) is 0.591. The molecule has 0 unspecified atom stereocenters. The van der Waals surface area contributed by atoms with E-state index in [9.17, 15) is 9.18 Å². The van der Waals surface area contributed by atoms with Crippen molar-refractivity contribution in [2.24, 2.45) is 0 Å². The Kier molecular flexibility index (Phi) is 4.63. The van der Waals surface area contributed by atoms with Crippen LogP contribution in [0.4, 0.5) is 4.39 Å². The first kappa shape index (κ1) is 17.4. The lowest BCUT2D eigenvalue weighted by atomic mass is 10.0. The van der Waals surface area contributed by atoms with Gasteiger partial charge in [-0.05, 0) is 50.7 Å². The number of hydrogen-bond donors (Lipinski definition) is 0. The van der Waals surface area contributed by atoms with Crippen LogP contribution in [0.15, 0.2) is 34.4 Å². The van der Waals surface area contributed by atoms with Gasteiger partial charge in [-0.2, -0.15) is 0 Å². The number of piperidine rings is 1. The number of aryl methyl sites for hydroxylation is 1. The van der Waals surface area contributed by atoms with E-state index in [1.54, 1.807) is 12.1 Å². The molecular formula is C20H22FN3OS. The minimum atomic E-state index is -0.275. The van der Waals surface area contributed by atoms with Crippen molar-refractivity contribution in [1.82, 2.24) is 14.5 Å². The summed E-state index contributed by atoms with van der Waals surface area (Å²) in [5, 5.41) is 2.63. The molecule has 26 heavy (non-hydrogen) atoms. The molecule has 1 fully saturated rings. The smallest absolute Gasteiger partial charge is 0.263 e. The van der Waals surface area contributed by atoms with E-state index in [1.165, 1.54) is 23.5 Å². The van der Waals surface area contributed by atoms with E-state index in [0.29, 0.717) is 5.39 Å². The molecule has 1 aliphatic heterocycles. The number of hydrogen-bond acceptors (Lipinski definition) is 4. The summed E-state index contributed by atoms with van der Waals surface area (Å²) in [6, 6.07) is 6.52. The highest BCUT2D eigenvalue weighted by Crippen LogP contribution is 2.32. The highest BCUT2D eigenvalue weighted by atomic mass is 32.1. The quantitative estimate of drug-likeness (QED) is 0.696. The Balaban J connectivity index is 1.89. The molecule has 1 aliphatic rings. The van der Waals surface area contributed by atoms with Crippen LogP contribution in [0.5, 0.6) is 0 Å². The first-order chi connectivity index (χ1) is 12.6. The van der Waals surface area contributed by atoms with Crippen LogP contribution < -0.4 is 5.56 Å². The van der Waals surface area contributed by atoms with Gasteiger partial charge in [0.2, 0.25) is 0 Å². The van der Waals surface area contributed by atoms with Crippen molar-refractivity contribution in [2.75, 3.05) is 20.1 Å². The largest absolute Gasteiger partial charge is 0.306 e. The van der Waals surface area contributed by atoms with Gasteiger partial charge < -0.3 is 4.90 Å². The Labute approximate surface area is 155 Å².